The maximum Gasteiger partial charge on any atom is 0.132 e. The number of nitrogen functional groups attached to an aromatic ring is 1. The minimum Gasteiger partial charge on any atom is -0.396 e. The van der Waals surface area contributed by atoms with Gasteiger partial charge in [-0.25, -0.2) is 9.97 Å². The van der Waals surface area contributed by atoms with E-state index in [-0.39, 0.29) is 18.6 Å². The van der Waals surface area contributed by atoms with Crippen LogP contribution in [0.1, 0.15) is 19.7 Å². The molecular weight excluding hydrogens is 192 g/mol. The van der Waals surface area contributed by atoms with Gasteiger partial charge in [-0.2, -0.15) is 0 Å². The highest BCUT2D eigenvalue weighted by atomic mass is 16.3. The summed E-state index contributed by atoms with van der Waals surface area (Å²) < 4.78 is 0. The molecule has 1 heterocycles. The van der Waals surface area contributed by atoms with Gasteiger partial charge in [0, 0.05) is 18.7 Å². The monoisotopic (exact) mass is 210 g/mol. The number of aromatic nitrogens is 2. The summed E-state index contributed by atoms with van der Waals surface area (Å²) in [6.45, 7) is 5.90. The number of nitrogens with one attached hydrogen (secondary N) is 1. The highest BCUT2D eigenvalue weighted by Crippen LogP contribution is 2.12. The maximum atomic E-state index is 8.99. The molecule has 0 radical (unpaired) electrons. The van der Waals surface area contributed by atoms with Crippen molar-refractivity contribution in [3.63, 3.8) is 0 Å². The van der Waals surface area contributed by atoms with Crippen LogP contribution in [0, 0.1) is 12.8 Å². The Labute approximate surface area is 89.7 Å². The average Bonchev–Trinajstić information content (AvgIpc) is 2.14. The minimum absolute atomic E-state index is 0.142. The van der Waals surface area contributed by atoms with Crippen molar-refractivity contribution in [1.29, 1.82) is 0 Å². The topological polar surface area (TPSA) is 84.1 Å². The van der Waals surface area contributed by atoms with E-state index in [2.05, 4.69) is 15.3 Å². The second-order valence-corrected chi connectivity index (χ2v) is 3.82. The van der Waals surface area contributed by atoms with Gasteiger partial charge in [0.1, 0.15) is 17.5 Å². The first-order valence-corrected chi connectivity index (χ1v) is 5.01. The summed E-state index contributed by atoms with van der Waals surface area (Å²) >= 11 is 0. The Kier molecular flexibility index (Phi) is 3.85. The van der Waals surface area contributed by atoms with Crippen molar-refractivity contribution >= 4 is 11.6 Å². The highest BCUT2D eigenvalue weighted by Gasteiger charge is 2.11. The third-order valence-corrected chi connectivity index (χ3v) is 2.37. The summed E-state index contributed by atoms with van der Waals surface area (Å²) in [7, 11) is 0. The van der Waals surface area contributed by atoms with E-state index in [1.165, 1.54) is 0 Å². The Hall–Kier alpha value is -1.36. The Balaban J connectivity index is 2.72. The van der Waals surface area contributed by atoms with Crippen LogP contribution in [0.4, 0.5) is 11.6 Å². The first-order valence-electron chi connectivity index (χ1n) is 5.01. The van der Waals surface area contributed by atoms with E-state index in [1.807, 2.05) is 13.8 Å². The van der Waals surface area contributed by atoms with Crippen molar-refractivity contribution in [2.24, 2.45) is 5.92 Å². The lowest BCUT2D eigenvalue weighted by Crippen LogP contribution is -2.26. The minimum atomic E-state index is 0.142. The first kappa shape index (κ1) is 11.7. The number of hydrogen-bond acceptors (Lipinski definition) is 5. The van der Waals surface area contributed by atoms with Crippen LogP contribution in [-0.2, 0) is 0 Å². The predicted molar refractivity (Wildman–Crippen MR) is 60.5 cm³/mol. The zero-order valence-electron chi connectivity index (χ0n) is 9.36. The maximum absolute atomic E-state index is 8.99. The molecule has 0 aliphatic heterocycles. The SMILES string of the molecule is Cc1nc(N)cc(NC(C)C(C)CO)n1. The number of hydrogen-bond donors (Lipinski definition) is 3. The van der Waals surface area contributed by atoms with Crippen LogP contribution in [0.15, 0.2) is 6.07 Å². The van der Waals surface area contributed by atoms with Gasteiger partial charge in [0.2, 0.25) is 0 Å². The molecule has 0 spiro atoms. The molecule has 0 aromatic carbocycles. The largest absolute Gasteiger partial charge is 0.396 e. The molecule has 5 nitrogen and oxygen atoms in total. The quantitative estimate of drug-likeness (QED) is 0.684. The Bertz CT molecular complexity index is 309. The number of anilines is 2. The zero-order valence-corrected chi connectivity index (χ0v) is 9.36. The molecule has 2 atom stereocenters. The van der Waals surface area contributed by atoms with Crippen LogP contribution in [0.25, 0.3) is 0 Å². The van der Waals surface area contributed by atoms with Gasteiger partial charge in [0.15, 0.2) is 0 Å². The lowest BCUT2D eigenvalue weighted by molar-refractivity contribution is 0.226. The number of aliphatic hydroxyl groups excluding tert-OH is 1. The van der Waals surface area contributed by atoms with Crippen LogP contribution < -0.4 is 11.1 Å². The van der Waals surface area contributed by atoms with Gasteiger partial charge in [-0.1, -0.05) is 6.92 Å². The van der Waals surface area contributed by atoms with Crippen LogP contribution in [-0.4, -0.2) is 27.7 Å². The molecular formula is C10H18N4O. The fourth-order valence-electron chi connectivity index (χ4n) is 1.20. The van der Waals surface area contributed by atoms with Crippen molar-refractivity contribution in [1.82, 2.24) is 9.97 Å². The van der Waals surface area contributed by atoms with Crippen molar-refractivity contribution in [2.75, 3.05) is 17.7 Å². The van der Waals surface area contributed by atoms with Crippen molar-refractivity contribution < 1.29 is 5.11 Å². The van der Waals surface area contributed by atoms with E-state index < -0.39 is 0 Å². The van der Waals surface area contributed by atoms with Gasteiger partial charge in [-0.15, -0.1) is 0 Å². The molecule has 0 aliphatic rings. The lowest BCUT2D eigenvalue weighted by atomic mass is 10.1. The summed E-state index contributed by atoms with van der Waals surface area (Å²) in [5.41, 5.74) is 5.60. The molecule has 0 amide bonds. The van der Waals surface area contributed by atoms with E-state index >= 15 is 0 Å². The summed E-state index contributed by atoms with van der Waals surface area (Å²) in [6, 6.07) is 1.83. The standard InChI is InChI=1S/C10H18N4O/c1-6(5-15)7(2)12-10-4-9(11)13-8(3)14-10/h4,6-7,15H,5H2,1-3H3,(H3,11,12,13,14). The van der Waals surface area contributed by atoms with E-state index in [1.54, 1.807) is 13.0 Å². The number of aliphatic hydroxyl groups is 1. The molecule has 2 unspecified atom stereocenters. The molecule has 15 heavy (non-hydrogen) atoms. The molecule has 0 fully saturated rings. The molecule has 1 rings (SSSR count). The zero-order chi connectivity index (χ0) is 11.4. The van der Waals surface area contributed by atoms with Gasteiger partial charge < -0.3 is 16.2 Å². The van der Waals surface area contributed by atoms with Crippen LogP contribution in [0.3, 0.4) is 0 Å². The second kappa shape index (κ2) is 4.93. The molecule has 5 heteroatoms. The van der Waals surface area contributed by atoms with E-state index in [0.717, 1.165) is 0 Å². The van der Waals surface area contributed by atoms with Gasteiger partial charge in [-0.05, 0) is 19.8 Å². The third kappa shape index (κ3) is 3.36. The average molecular weight is 210 g/mol. The number of aryl methyl sites for hydroxylation is 1. The van der Waals surface area contributed by atoms with Crippen LogP contribution >= 0.6 is 0 Å². The predicted octanol–water partition coefficient (Wildman–Crippen LogP) is 0.796. The molecule has 1 aromatic rings. The van der Waals surface area contributed by atoms with Crippen molar-refractivity contribution in [2.45, 2.75) is 26.8 Å². The van der Waals surface area contributed by atoms with Gasteiger partial charge in [0.05, 0.1) is 0 Å². The summed E-state index contributed by atoms with van der Waals surface area (Å²) in [4.78, 5) is 8.19. The molecule has 0 saturated heterocycles. The molecule has 0 bridgehead atoms. The molecule has 0 saturated carbocycles. The number of nitrogens with zero attached hydrogens (tertiary/aromatic N) is 2. The van der Waals surface area contributed by atoms with E-state index in [4.69, 9.17) is 10.8 Å². The molecule has 0 aliphatic carbocycles. The summed E-state index contributed by atoms with van der Waals surface area (Å²) in [6.07, 6.45) is 0. The van der Waals surface area contributed by atoms with E-state index in [0.29, 0.717) is 17.5 Å². The first-order chi connectivity index (χ1) is 7.02. The van der Waals surface area contributed by atoms with E-state index in [9.17, 15) is 0 Å². The van der Waals surface area contributed by atoms with Gasteiger partial charge in [0.25, 0.3) is 0 Å². The Morgan fingerprint density at radius 3 is 2.67 bits per heavy atom. The summed E-state index contributed by atoms with van der Waals surface area (Å²) in [5.74, 6) is 1.96. The number of nitrogens with two attached hydrogens (primary N) is 1. The smallest absolute Gasteiger partial charge is 0.132 e. The second-order valence-electron chi connectivity index (χ2n) is 3.82. The van der Waals surface area contributed by atoms with Crippen molar-refractivity contribution in [3.8, 4) is 0 Å². The fraction of sp³-hybridized carbons (Fsp3) is 0.600. The van der Waals surface area contributed by atoms with Crippen LogP contribution in [0.2, 0.25) is 0 Å². The third-order valence-electron chi connectivity index (χ3n) is 2.37. The van der Waals surface area contributed by atoms with Gasteiger partial charge in [-0.3, -0.25) is 0 Å². The number of rotatable bonds is 4. The Morgan fingerprint density at radius 1 is 1.47 bits per heavy atom. The fourth-order valence-corrected chi connectivity index (χ4v) is 1.20. The normalized spacial score (nSPS) is 14.7. The highest BCUT2D eigenvalue weighted by molar-refractivity contribution is 5.45. The Morgan fingerprint density at radius 2 is 2.13 bits per heavy atom. The summed E-state index contributed by atoms with van der Waals surface area (Å²) in [5, 5.41) is 12.2. The van der Waals surface area contributed by atoms with Crippen LogP contribution in [0.5, 0.6) is 0 Å². The van der Waals surface area contributed by atoms with Crippen molar-refractivity contribution in [3.05, 3.63) is 11.9 Å². The molecule has 1 aromatic heterocycles. The molecule has 84 valence electrons. The van der Waals surface area contributed by atoms with Gasteiger partial charge >= 0.3 is 0 Å². The lowest BCUT2D eigenvalue weighted by Gasteiger charge is -2.19. The molecule has 4 N–H and O–H groups in total.